The SMILES string of the molecule is Cc1ccc(-c2ccccc2C2=CN3C=CC=CC3c3cc4c(cc32)sc2ccccc24)nc1. The molecule has 2 aliphatic rings. The van der Waals surface area contributed by atoms with Crippen molar-refractivity contribution in [3.63, 3.8) is 0 Å². The zero-order chi connectivity index (χ0) is 22.6. The quantitative estimate of drug-likeness (QED) is 0.267. The molecule has 0 saturated carbocycles. The highest BCUT2D eigenvalue weighted by atomic mass is 32.1. The fraction of sp³-hybridized carbons (Fsp3) is 0.0645. The Labute approximate surface area is 202 Å². The minimum Gasteiger partial charge on any atom is -0.343 e. The molecule has 2 aromatic heterocycles. The van der Waals surface area contributed by atoms with Crippen molar-refractivity contribution >= 4 is 37.1 Å². The molecule has 4 heterocycles. The molecule has 0 saturated heterocycles. The van der Waals surface area contributed by atoms with E-state index >= 15 is 0 Å². The Hall–Kier alpha value is -3.95. The molecule has 0 N–H and O–H groups in total. The van der Waals surface area contributed by atoms with Gasteiger partial charge in [-0.15, -0.1) is 11.3 Å². The average Bonchev–Trinajstić information content (AvgIpc) is 3.25. The van der Waals surface area contributed by atoms with Crippen LogP contribution in [-0.2, 0) is 0 Å². The van der Waals surface area contributed by atoms with E-state index in [4.69, 9.17) is 4.98 Å². The largest absolute Gasteiger partial charge is 0.343 e. The summed E-state index contributed by atoms with van der Waals surface area (Å²) in [5.74, 6) is 0. The fourth-order valence-corrected chi connectivity index (χ4v) is 6.29. The van der Waals surface area contributed by atoms with Gasteiger partial charge in [-0.1, -0.05) is 60.7 Å². The topological polar surface area (TPSA) is 16.1 Å². The second-order valence-electron chi connectivity index (χ2n) is 8.96. The highest BCUT2D eigenvalue weighted by Gasteiger charge is 2.28. The van der Waals surface area contributed by atoms with Gasteiger partial charge in [0, 0.05) is 49.9 Å². The zero-order valence-electron chi connectivity index (χ0n) is 18.8. The number of fused-ring (bicyclic) bond motifs is 6. The second kappa shape index (κ2) is 7.54. The van der Waals surface area contributed by atoms with Gasteiger partial charge in [-0.25, -0.2) is 0 Å². The number of aryl methyl sites for hydroxylation is 1. The maximum absolute atomic E-state index is 4.76. The number of benzene rings is 3. The van der Waals surface area contributed by atoms with E-state index in [0.29, 0.717) is 0 Å². The molecule has 5 aromatic rings. The van der Waals surface area contributed by atoms with Gasteiger partial charge >= 0.3 is 0 Å². The van der Waals surface area contributed by atoms with Gasteiger partial charge in [-0.3, -0.25) is 4.98 Å². The zero-order valence-corrected chi connectivity index (χ0v) is 19.6. The third-order valence-electron chi connectivity index (χ3n) is 6.82. The van der Waals surface area contributed by atoms with Crippen LogP contribution in [0.25, 0.3) is 37.0 Å². The molecule has 2 aliphatic heterocycles. The highest BCUT2D eigenvalue weighted by Crippen LogP contribution is 2.46. The summed E-state index contributed by atoms with van der Waals surface area (Å²) in [6, 6.07) is 26.7. The number of rotatable bonds is 2. The van der Waals surface area contributed by atoms with E-state index in [1.54, 1.807) is 0 Å². The van der Waals surface area contributed by atoms with Crippen LogP contribution in [-0.4, -0.2) is 9.88 Å². The molecular weight excluding hydrogens is 432 g/mol. The first kappa shape index (κ1) is 19.5. The molecule has 0 bridgehead atoms. The summed E-state index contributed by atoms with van der Waals surface area (Å²) >= 11 is 1.88. The molecule has 3 heteroatoms. The lowest BCUT2D eigenvalue weighted by Crippen LogP contribution is -2.23. The molecule has 1 unspecified atom stereocenters. The number of hydrogen-bond donors (Lipinski definition) is 0. The van der Waals surface area contributed by atoms with E-state index in [-0.39, 0.29) is 6.04 Å². The first-order valence-electron chi connectivity index (χ1n) is 11.6. The van der Waals surface area contributed by atoms with Gasteiger partial charge in [0.05, 0.1) is 11.7 Å². The van der Waals surface area contributed by atoms with Crippen molar-refractivity contribution < 1.29 is 0 Å². The summed E-state index contributed by atoms with van der Waals surface area (Å²) in [5, 5.41) is 2.68. The van der Waals surface area contributed by atoms with Gasteiger partial charge in [0.25, 0.3) is 0 Å². The average molecular weight is 455 g/mol. The summed E-state index contributed by atoms with van der Waals surface area (Å²) in [6.07, 6.45) is 13.0. The molecule has 0 fully saturated rings. The Bertz CT molecular complexity index is 1670. The number of pyridine rings is 1. The van der Waals surface area contributed by atoms with Gasteiger partial charge in [-0.2, -0.15) is 0 Å². The Morgan fingerprint density at radius 3 is 2.53 bits per heavy atom. The van der Waals surface area contributed by atoms with Crippen molar-refractivity contribution in [2.45, 2.75) is 13.0 Å². The first-order valence-corrected chi connectivity index (χ1v) is 12.4. The van der Waals surface area contributed by atoms with Crippen LogP contribution in [0.5, 0.6) is 0 Å². The Balaban J connectivity index is 1.50. The molecule has 0 amide bonds. The van der Waals surface area contributed by atoms with Crippen LogP contribution in [0, 0.1) is 6.92 Å². The van der Waals surface area contributed by atoms with Crippen LogP contribution < -0.4 is 0 Å². The summed E-state index contributed by atoms with van der Waals surface area (Å²) in [7, 11) is 0. The van der Waals surface area contributed by atoms with Crippen LogP contribution in [0.3, 0.4) is 0 Å². The summed E-state index contributed by atoms with van der Waals surface area (Å²) < 4.78 is 2.67. The normalized spacial score (nSPS) is 16.6. The van der Waals surface area contributed by atoms with Gasteiger partial charge < -0.3 is 4.90 Å². The maximum Gasteiger partial charge on any atom is 0.0773 e. The molecule has 162 valence electrons. The van der Waals surface area contributed by atoms with Crippen LogP contribution in [0.15, 0.2) is 110 Å². The van der Waals surface area contributed by atoms with Gasteiger partial charge in [0.15, 0.2) is 0 Å². The molecule has 0 radical (unpaired) electrons. The molecule has 0 spiro atoms. The summed E-state index contributed by atoms with van der Waals surface area (Å²) in [4.78, 5) is 7.09. The molecule has 3 aromatic carbocycles. The van der Waals surface area contributed by atoms with Gasteiger partial charge in [0.2, 0.25) is 0 Å². The minimum atomic E-state index is 0.205. The third-order valence-corrected chi connectivity index (χ3v) is 7.96. The van der Waals surface area contributed by atoms with Crippen LogP contribution in [0.4, 0.5) is 0 Å². The third kappa shape index (κ3) is 2.98. The lowest BCUT2D eigenvalue weighted by molar-refractivity contribution is 0.428. The van der Waals surface area contributed by atoms with Crippen molar-refractivity contribution in [3.8, 4) is 11.3 Å². The summed E-state index contributed by atoms with van der Waals surface area (Å²) in [6.45, 7) is 2.08. The number of hydrogen-bond acceptors (Lipinski definition) is 3. The molecule has 0 aliphatic carbocycles. The Kier molecular flexibility index (Phi) is 4.33. The van der Waals surface area contributed by atoms with Crippen LogP contribution in [0.2, 0.25) is 0 Å². The molecule has 7 rings (SSSR count). The summed E-state index contributed by atoms with van der Waals surface area (Å²) in [5.41, 5.74) is 8.43. The van der Waals surface area contributed by atoms with Gasteiger partial charge in [0.1, 0.15) is 0 Å². The van der Waals surface area contributed by atoms with E-state index in [9.17, 15) is 0 Å². The molecular formula is C31H22N2S. The van der Waals surface area contributed by atoms with Crippen molar-refractivity contribution in [3.05, 3.63) is 132 Å². The predicted molar refractivity (Wildman–Crippen MR) is 144 cm³/mol. The molecule has 2 nitrogen and oxygen atoms in total. The number of aromatic nitrogens is 1. The lowest BCUT2D eigenvalue weighted by Gasteiger charge is -2.35. The Morgan fingerprint density at radius 2 is 1.65 bits per heavy atom. The lowest BCUT2D eigenvalue weighted by atomic mass is 9.84. The van der Waals surface area contributed by atoms with E-state index in [2.05, 4.69) is 115 Å². The monoisotopic (exact) mass is 454 g/mol. The van der Waals surface area contributed by atoms with Crippen molar-refractivity contribution in [2.24, 2.45) is 0 Å². The molecule has 34 heavy (non-hydrogen) atoms. The van der Waals surface area contributed by atoms with Crippen molar-refractivity contribution in [1.29, 1.82) is 0 Å². The predicted octanol–water partition coefficient (Wildman–Crippen LogP) is 8.25. The standard InChI is InChI=1S/C31H22N2S/c1-20-13-14-28(32-18-20)22-9-3-2-8-21(22)27-19-33-15-7-6-11-29(33)25-16-26-23-10-4-5-12-30(23)34-31(26)17-24(25)27/h2-19,29H,1H3. The van der Waals surface area contributed by atoms with E-state index in [1.165, 1.54) is 48.0 Å². The van der Waals surface area contributed by atoms with Gasteiger partial charge in [-0.05, 0) is 59.5 Å². The van der Waals surface area contributed by atoms with E-state index in [0.717, 1.165) is 11.3 Å². The van der Waals surface area contributed by atoms with E-state index < -0.39 is 0 Å². The Morgan fingerprint density at radius 1 is 0.794 bits per heavy atom. The smallest absolute Gasteiger partial charge is 0.0773 e. The van der Waals surface area contributed by atoms with Crippen LogP contribution in [0.1, 0.15) is 28.3 Å². The van der Waals surface area contributed by atoms with Crippen molar-refractivity contribution in [1.82, 2.24) is 9.88 Å². The minimum absolute atomic E-state index is 0.205. The van der Waals surface area contributed by atoms with E-state index in [1.807, 2.05) is 17.5 Å². The highest BCUT2D eigenvalue weighted by molar-refractivity contribution is 7.25. The number of thiophene rings is 1. The number of allylic oxidation sites excluding steroid dienone is 2. The van der Waals surface area contributed by atoms with Crippen LogP contribution >= 0.6 is 11.3 Å². The fourth-order valence-electron chi connectivity index (χ4n) is 5.17. The maximum atomic E-state index is 4.76. The number of nitrogens with zero attached hydrogens (tertiary/aromatic N) is 2. The molecule has 1 atom stereocenters. The first-order chi connectivity index (χ1) is 16.8. The van der Waals surface area contributed by atoms with Crippen molar-refractivity contribution in [2.75, 3.05) is 0 Å². The second-order valence-corrected chi connectivity index (χ2v) is 10.0.